The zero-order valence-corrected chi connectivity index (χ0v) is 48.4. The third kappa shape index (κ3) is 42.5. The van der Waals surface area contributed by atoms with Gasteiger partial charge in [0.25, 0.3) is 0 Å². The van der Waals surface area contributed by atoms with Crippen LogP contribution in [0, 0.1) is 0 Å². The van der Waals surface area contributed by atoms with E-state index in [9.17, 15) is 35.4 Å². The molecule has 0 aliphatic carbocycles. The van der Waals surface area contributed by atoms with E-state index in [-0.39, 0.29) is 6.61 Å². The highest BCUT2D eigenvalue weighted by atomic mass is 16.7. The van der Waals surface area contributed by atoms with Crippen LogP contribution < -0.4 is 5.32 Å². The number of allylic oxidation sites excluding steroid dienone is 9. The SMILES string of the molecule is CCCCCCCC/C=C/CC/C=C/CC/C=C/C(O)C(COC1OC(CO)C(O)C(O)C1O)NC(=O)C(O)CCCCCCCCCCCCCCCCCC/C=C\C/C=C\CCCCCCCCCCCCC. The summed E-state index contributed by atoms with van der Waals surface area (Å²) in [7, 11) is 0. The summed E-state index contributed by atoms with van der Waals surface area (Å²) in [5, 5.41) is 65.0. The minimum atomic E-state index is -1.62. The van der Waals surface area contributed by atoms with Gasteiger partial charge < -0.3 is 45.4 Å². The number of nitrogens with one attached hydrogen (secondary N) is 1. The van der Waals surface area contributed by atoms with E-state index in [2.05, 4.69) is 67.8 Å². The van der Waals surface area contributed by atoms with Gasteiger partial charge in [0.05, 0.1) is 25.4 Å². The maximum Gasteiger partial charge on any atom is 0.249 e. The Hall–Kier alpha value is -2.15. The Morgan fingerprint density at radius 2 is 0.827 bits per heavy atom. The Labute approximate surface area is 460 Å². The summed E-state index contributed by atoms with van der Waals surface area (Å²) in [6.07, 6.45) is 63.5. The van der Waals surface area contributed by atoms with Gasteiger partial charge in [-0.3, -0.25) is 4.79 Å². The smallest absolute Gasteiger partial charge is 0.249 e. The number of amides is 1. The van der Waals surface area contributed by atoms with E-state index in [1.54, 1.807) is 6.08 Å². The molecular formula is C65H119NO9. The Morgan fingerprint density at radius 1 is 0.467 bits per heavy atom. The van der Waals surface area contributed by atoms with Gasteiger partial charge in [0, 0.05) is 0 Å². The molecule has 0 spiro atoms. The second-order valence-corrected chi connectivity index (χ2v) is 22.0. The highest BCUT2D eigenvalue weighted by molar-refractivity contribution is 5.80. The van der Waals surface area contributed by atoms with Crippen molar-refractivity contribution in [1.29, 1.82) is 0 Å². The van der Waals surface area contributed by atoms with Crippen molar-refractivity contribution in [2.45, 2.75) is 332 Å². The van der Waals surface area contributed by atoms with Crippen LogP contribution in [0.4, 0.5) is 0 Å². The Morgan fingerprint density at radius 3 is 1.24 bits per heavy atom. The van der Waals surface area contributed by atoms with Crippen molar-refractivity contribution in [2.75, 3.05) is 13.2 Å². The van der Waals surface area contributed by atoms with Gasteiger partial charge in [0.2, 0.25) is 5.91 Å². The van der Waals surface area contributed by atoms with Crippen LogP contribution in [-0.2, 0) is 14.3 Å². The lowest BCUT2D eigenvalue weighted by Crippen LogP contribution is -2.60. The minimum absolute atomic E-state index is 0.300. The summed E-state index contributed by atoms with van der Waals surface area (Å²) < 4.78 is 11.2. The number of unbranched alkanes of at least 4 members (excludes halogenated alkanes) is 35. The molecule has 0 aromatic rings. The van der Waals surface area contributed by atoms with Crippen molar-refractivity contribution in [3.8, 4) is 0 Å². The standard InChI is InChI=1S/C65H119NO9/c1-3-5-7-9-11-13-15-17-19-21-22-23-24-25-26-27-28-29-30-31-32-33-34-35-36-37-38-40-42-44-46-48-50-52-54-59(69)64(73)66-57(56-74-65-63(72)62(71)61(70)60(55-67)75-65)58(68)53-51-49-47-45-43-41-39-20-18-16-14-12-10-8-6-4-2/h18,20,24-25,27-28,43,45,51,53,57-63,65,67-72H,3-17,19,21-23,26,29-42,44,46-50,52,54-56H2,1-2H3,(H,66,73)/b20-18+,25-24-,28-27-,45-43+,53-51+. The van der Waals surface area contributed by atoms with E-state index in [0.717, 1.165) is 51.4 Å². The second kappa shape index (κ2) is 53.8. The van der Waals surface area contributed by atoms with Crippen molar-refractivity contribution in [3.63, 3.8) is 0 Å². The summed E-state index contributed by atoms with van der Waals surface area (Å²) in [6, 6.07) is -1.01. The fourth-order valence-electron chi connectivity index (χ4n) is 9.82. The number of aliphatic hydroxyl groups excluding tert-OH is 6. The lowest BCUT2D eigenvalue weighted by atomic mass is 9.99. The summed E-state index contributed by atoms with van der Waals surface area (Å²) in [6.45, 7) is 3.60. The molecule has 1 heterocycles. The van der Waals surface area contributed by atoms with Crippen LogP contribution in [0.15, 0.2) is 60.8 Å². The molecule has 75 heavy (non-hydrogen) atoms. The van der Waals surface area contributed by atoms with E-state index >= 15 is 0 Å². The third-order valence-corrected chi connectivity index (χ3v) is 14.9. The topological polar surface area (TPSA) is 169 Å². The third-order valence-electron chi connectivity index (χ3n) is 14.9. The van der Waals surface area contributed by atoms with Crippen molar-refractivity contribution >= 4 is 5.91 Å². The Kier molecular flexibility index (Phi) is 50.9. The van der Waals surface area contributed by atoms with Gasteiger partial charge in [0.15, 0.2) is 6.29 Å². The van der Waals surface area contributed by atoms with E-state index < -0.39 is 61.5 Å². The van der Waals surface area contributed by atoms with Gasteiger partial charge in [-0.25, -0.2) is 0 Å². The van der Waals surface area contributed by atoms with E-state index in [0.29, 0.717) is 19.3 Å². The number of hydrogen-bond acceptors (Lipinski definition) is 9. The zero-order valence-electron chi connectivity index (χ0n) is 48.4. The van der Waals surface area contributed by atoms with Crippen molar-refractivity contribution in [3.05, 3.63) is 60.8 Å². The Balaban J connectivity index is 2.17. The largest absolute Gasteiger partial charge is 0.394 e. The fourth-order valence-corrected chi connectivity index (χ4v) is 9.82. The maximum absolute atomic E-state index is 13.1. The molecule has 8 atom stereocenters. The molecule has 1 aliphatic heterocycles. The lowest BCUT2D eigenvalue weighted by molar-refractivity contribution is -0.302. The Bertz CT molecular complexity index is 1380. The molecule has 0 aromatic heterocycles. The van der Waals surface area contributed by atoms with Gasteiger partial charge in [-0.1, -0.05) is 267 Å². The summed E-state index contributed by atoms with van der Waals surface area (Å²) in [5.74, 6) is -0.629. The van der Waals surface area contributed by atoms with Crippen LogP contribution >= 0.6 is 0 Å². The number of aliphatic hydroxyl groups is 6. The monoisotopic (exact) mass is 1060 g/mol. The predicted octanol–water partition coefficient (Wildman–Crippen LogP) is 15.2. The van der Waals surface area contributed by atoms with Crippen LogP contribution in [0.3, 0.4) is 0 Å². The average Bonchev–Trinajstić information content (AvgIpc) is 3.41. The molecule has 1 saturated heterocycles. The predicted molar refractivity (Wildman–Crippen MR) is 315 cm³/mol. The van der Waals surface area contributed by atoms with Gasteiger partial charge in [0.1, 0.15) is 30.5 Å². The average molecular weight is 1060 g/mol. The summed E-state index contributed by atoms with van der Waals surface area (Å²) >= 11 is 0. The first kappa shape index (κ1) is 70.9. The normalized spacial score (nSPS) is 19.7. The van der Waals surface area contributed by atoms with Crippen molar-refractivity contribution in [1.82, 2.24) is 5.32 Å². The van der Waals surface area contributed by atoms with E-state index in [1.165, 1.54) is 199 Å². The first-order valence-electron chi connectivity index (χ1n) is 31.6. The van der Waals surface area contributed by atoms with Gasteiger partial charge in [-0.2, -0.15) is 0 Å². The highest BCUT2D eigenvalue weighted by Gasteiger charge is 2.44. The first-order valence-corrected chi connectivity index (χ1v) is 31.6. The minimum Gasteiger partial charge on any atom is -0.394 e. The van der Waals surface area contributed by atoms with Gasteiger partial charge in [-0.05, 0) is 77.0 Å². The molecular weight excluding hydrogens is 939 g/mol. The number of carbonyl (C=O) groups is 1. The number of carbonyl (C=O) groups excluding carboxylic acids is 1. The zero-order chi connectivity index (χ0) is 54.5. The molecule has 1 aliphatic rings. The van der Waals surface area contributed by atoms with Crippen molar-refractivity contribution < 1.29 is 44.9 Å². The highest BCUT2D eigenvalue weighted by Crippen LogP contribution is 2.23. The number of rotatable bonds is 54. The van der Waals surface area contributed by atoms with Crippen molar-refractivity contribution in [2.24, 2.45) is 0 Å². The maximum atomic E-state index is 13.1. The molecule has 10 nitrogen and oxygen atoms in total. The second-order valence-electron chi connectivity index (χ2n) is 22.0. The molecule has 1 rings (SSSR count). The van der Waals surface area contributed by atoms with Crippen LogP contribution in [0.1, 0.15) is 284 Å². The summed E-state index contributed by atoms with van der Waals surface area (Å²) in [4.78, 5) is 13.1. The lowest BCUT2D eigenvalue weighted by Gasteiger charge is -2.40. The molecule has 0 saturated carbocycles. The molecule has 7 N–H and O–H groups in total. The molecule has 1 fully saturated rings. The van der Waals surface area contributed by atoms with Gasteiger partial charge >= 0.3 is 0 Å². The molecule has 438 valence electrons. The fraction of sp³-hybridized carbons (Fsp3) is 0.831. The van der Waals surface area contributed by atoms with Crippen LogP contribution in [0.5, 0.6) is 0 Å². The van der Waals surface area contributed by atoms with Crippen LogP contribution in [0.25, 0.3) is 0 Å². The molecule has 0 bridgehead atoms. The quantitative estimate of drug-likeness (QED) is 0.0232. The van der Waals surface area contributed by atoms with Gasteiger partial charge in [-0.15, -0.1) is 0 Å². The number of ether oxygens (including phenoxy) is 2. The first-order chi connectivity index (χ1) is 36.8. The number of hydrogen-bond donors (Lipinski definition) is 7. The summed E-state index contributed by atoms with van der Waals surface area (Å²) in [5.41, 5.74) is 0. The van der Waals surface area contributed by atoms with Crippen LogP contribution in [0.2, 0.25) is 0 Å². The molecule has 0 radical (unpaired) electrons. The van der Waals surface area contributed by atoms with E-state index in [1.807, 2.05) is 6.08 Å². The molecule has 8 unspecified atom stereocenters. The van der Waals surface area contributed by atoms with Crippen LogP contribution in [-0.4, -0.2) is 98.7 Å². The van der Waals surface area contributed by atoms with E-state index in [4.69, 9.17) is 9.47 Å². The molecule has 1 amide bonds. The molecule has 10 heteroatoms. The molecule has 0 aromatic carbocycles.